The lowest BCUT2D eigenvalue weighted by molar-refractivity contribution is -0.387. The van der Waals surface area contributed by atoms with Crippen LogP contribution in [0.4, 0.5) is 26.3 Å². The van der Waals surface area contributed by atoms with Gasteiger partial charge in [0.2, 0.25) is 17.7 Å². The number of hydrogen-bond donors (Lipinski definition) is 1. The van der Waals surface area contributed by atoms with Crippen LogP contribution in [0.2, 0.25) is 0 Å². The molecule has 2 aliphatic carbocycles. The molecule has 1 aromatic rings. The van der Waals surface area contributed by atoms with Gasteiger partial charge in [-0.1, -0.05) is 0 Å². The molecule has 0 bridgehead atoms. The first-order valence-electron chi connectivity index (χ1n) is 10.8. The van der Waals surface area contributed by atoms with E-state index in [0.29, 0.717) is 19.3 Å². The maximum Gasteiger partial charge on any atom is 0.523 e. The minimum absolute atomic E-state index is 0.0424. The SMILES string of the molecule is O=C(CO[C@H]1C[C@@H](OC(F)(F)F)C1)N[C@@H]1CC[C@@H](c2nnc(C3(OC(F)(F)F)CCC3)o2)OC1. The maximum atomic E-state index is 12.7. The number of carbonyl (C=O) groups is 1. The van der Waals surface area contributed by atoms with Crippen molar-refractivity contribution in [1.29, 1.82) is 0 Å². The van der Waals surface area contributed by atoms with Crippen LogP contribution >= 0.6 is 0 Å². The summed E-state index contributed by atoms with van der Waals surface area (Å²) in [5, 5.41) is 10.3. The van der Waals surface area contributed by atoms with Crippen LogP contribution < -0.4 is 5.32 Å². The zero-order valence-corrected chi connectivity index (χ0v) is 17.8. The monoisotopic (exact) mass is 503 g/mol. The molecule has 9 nitrogen and oxygen atoms in total. The van der Waals surface area contributed by atoms with Gasteiger partial charge in [-0.25, -0.2) is 0 Å². The van der Waals surface area contributed by atoms with Crippen molar-refractivity contribution in [2.75, 3.05) is 13.2 Å². The van der Waals surface area contributed by atoms with Gasteiger partial charge in [0.1, 0.15) is 12.7 Å². The van der Waals surface area contributed by atoms with Crippen molar-refractivity contribution < 1.29 is 54.5 Å². The number of carbonyl (C=O) groups excluding carboxylic acids is 1. The molecule has 3 fully saturated rings. The highest BCUT2D eigenvalue weighted by atomic mass is 19.4. The predicted octanol–water partition coefficient (Wildman–Crippen LogP) is 3.41. The molecule has 4 rings (SSSR count). The van der Waals surface area contributed by atoms with Crippen LogP contribution in [0.3, 0.4) is 0 Å². The van der Waals surface area contributed by atoms with Crippen LogP contribution in [0, 0.1) is 0 Å². The smallest absolute Gasteiger partial charge is 0.419 e. The van der Waals surface area contributed by atoms with E-state index in [2.05, 4.69) is 25.0 Å². The standard InChI is InChI=1S/C19H23F6N3O6/c20-18(21,22)33-12-6-11(7-12)30-9-14(29)26-10-2-3-13(31-8-10)15-27-28-16(32-15)17(4-1-5-17)34-19(23,24)25/h10-13H,1-9H2,(H,26,29)/t10-,11-,12+,13+/m1/s1. The third kappa shape index (κ3) is 6.37. The highest BCUT2D eigenvalue weighted by molar-refractivity contribution is 5.77. The Kier molecular flexibility index (Phi) is 7.09. The highest BCUT2D eigenvalue weighted by Crippen LogP contribution is 2.48. The van der Waals surface area contributed by atoms with Crippen LogP contribution in [0.25, 0.3) is 0 Å². The molecular weight excluding hydrogens is 480 g/mol. The summed E-state index contributed by atoms with van der Waals surface area (Å²) < 4.78 is 99.0. The van der Waals surface area contributed by atoms with E-state index in [-0.39, 0.29) is 56.7 Å². The Hall–Kier alpha value is -1.97. The number of hydrogen-bond acceptors (Lipinski definition) is 8. The fraction of sp³-hybridized carbons (Fsp3) is 0.842. The molecule has 1 N–H and O–H groups in total. The Bertz CT molecular complexity index is 844. The average Bonchev–Trinajstić information content (AvgIpc) is 3.16. The zero-order valence-electron chi connectivity index (χ0n) is 17.8. The molecule has 2 saturated carbocycles. The lowest BCUT2D eigenvalue weighted by Crippen LogP contribution is -2.45. The molecule has 15 heteroatoms. The van der Waals surface area contributed by atoms with Crippen molar-refractivity contribution in [1.82, 2.24) is 15.5 Å². The molecule has 0 unspecified atom stereocenters. The van der Waals surface area contributed by atoms with Crippen LogP contribution in [0.15, 0.2) is 4.42 Å². The van der Waals surface area contributed by atoms with Crippen LogP contribution in [-0.2, 0) is 29.3 Å². The van der Waals surface area contributed by atoms with Gasteiger partial charge in [-0.2, -0.15) is 0 Å². The topological polar surface area (TPSA) is 105 Å². The number of ether oxygens (including phenoxy) is 4. The summed E-state index contributed by atoms with van der Waals surface area (Å²) in [6.07, 6.45) is -9.84. The van der Waals surface area contributed by atoms with E-state index in [1.165, 1.54) is 0 Å². The van der Waals surface area contributed by atoms with E-state index in [4.69, 9.17) is 13.9 Å². The maximum absolute atomic E-state index is 12.7. The second-order valence-corrected chi connectivity index (χ2v) is 8.59. The highest BCUT2D eigenvalue weighted by Gasteiger charge is 2.52. The van der Waals surface area contributed by atoms with Crippen LogP contribution in [-0.4, -0.2) is 60.3 Å². The van der Waals surface area contributed by atoms with Crippen LogP contribution in [0.5, 0.6) is 0 Å². The van der Waals surface area contributed by atoms with Gasteiger partial charge in [-0.3, -0.25) is 14.3 Å². The number of nitrogens with zero attached hydrogens (tertiary/aromatic N) is 2. The fourth-order valence-corrected chi connectivity index (χ4v) is 4.09. The summed E-state index contributed by atoms with van der Waals surface area (Å²) in [5.41, 5.74) is -1.66. The molecular formula is C19H23F6N3O6. The zero-order chi connectivity index (χ0) is 24.6. The predicted molar refractivity (Wildman–Crippen MR) is 96.7 cm³/mol. The number of nitrogens with one attached hydrogen (secondary N) is 1. The Labute approximate surface area is 189 Å². The lowest BCUT2D eigenvalue weighted by Gasteiger charge is -2.38. The Morgan fingerprint density at radius 2 is 1.79 bits per heavy atom. The van der Waals surface area contributed by atoms with Gasteiger partial charge in [0.05, 0.1) is 24.9 Å². The molecule has 192 valence electrons. The van der Waals surface area contributed by atoms with E-state index < -0.39 is 42.5 Å². The van der Waals surface area contributed by atoms with Gasteiger partial charge in [0.15, 0.2) is 5.60 Å². The van der Waals surface area contributed by atoms with Gasteiger partial charge in [-0.15, -0.1) is 36.5 Å². The van der Waals surface area contributed by atoms with Crippen molar-refractivity contribution in [3.8, 4) is 0 Å². The molecule has 1 saturated heterocycles. The van der Waals surface area contributed by atoms with Gasteiger partial charge >= 0.3 is 12.7 Å². The van der Waals surface area contributed by atoms with Crippen molar-refractivity contribution in [2.24, 2.45) is 0 Å². The van der Waals surface area contributed by atoms with E-state index in [1.807, 2.05) is 0 Å². The summed E-state index contributed by atoms with van der Waals surface area (Å²) in [6, 6.07) is -0.344. The first-order chi connectivity index (χ1) is 15.9. The molecule has 0 spiro atoms. The summed E-state index contributed by atoms with van der Waals surface area (Å²) in [7, 11) is 0. The van der Waals surface area contributed by atoms with Gasteiger partial charge < -0.3 is 19.2 Å². The molecule has 34 heavy (non-hydrogen) atoms. The number of alkyl halides is 6. The van der Waals surface area contributed by atoms with Gasteiger partial charge in [-0.05, 0) is 32.1 Å². The largest absolute Gasteiger partial charge is 0.523 e. The molecule has 1 amide bonds. The second-order valence-electron chi connectivity index (χ2n) is 8.59. The summed E-state index contributed by atoms with van der Waals surface area (Å²) >= 11 is 0. The minimum atomic E-state index is -4.83. The first kappa shape index (κ1) is 25.1. The van der Waals surface area contributed by atoms with E-state index in [1.54, 1.807) is 0 Å². The Morgan fingerprint density at radius 1 is 1.06 bits per heavy atom. The Balaban J connectivity index is 1.17. The minimum Gasteiger partial charge on any atom is -0.419 e. The molecule has 2 heterocycles. The van der Waals surface area contributed by atoms with E-state index in [0.717, 1.165) is 0 Å². The van der Waals surface area contributed by atoms with E-state index >= 15 is 0 Å². The summed E-state index contributed by atoms with van der Waals surface area (Å²) in [6.45, 7) is -0.207. The number of aromatic nitrogens is 2. The third-order valence-corrected chi connectivity index (χ3v) is 6.02. The average molecular weight is 503 g/mol. The second kappa shape index (κ2) is 9.59. The van der Waals surface area contributed by atoms with E-state index in [9.17, 15) is 31.1 Å². The lowest BCUT2D eigenvalue weighted by atomic mass is 9.80. The Morgan fingerprint density at radius 3 is 2.35 bits per heavy atom. The number of rotatable bonds is 8. The molecule has 0 aromatic carbocycles. The molecule has 2 atom stereocenters. The van der Waals surface area contributed by atoms with Crippen molar-refractivity contribution in [2.45, 2.75) is 87.6 Å². The van der Waals surface area contributed by atoms with Gasteiger partial charge in [0, 0.05) is 12.8 Å². The molecule has 1 aliphatic heterocycles. The quantitative estimate of drug-likeness (QED) is 0.539. The molecule has 3 aliphatic rings. The summed E-state index contributed by atoms with van der Waals surface area (Å²) in [5.74, 6) is -0.634. The van der Waals surface area contributed by atoms with Crippen molar-refractivity contribution in [3.05, 3.63) is 11.8 Å². The fourth-order valence-electron chi connectivity index (χ4n) is 4.09. The third-order valence-electron chi connectivity index (χ3n) is 6.02. The summed E-state index contributed by atoms with van der Waals surface area (Å²) in [4.78, 5) is 12.0. The molecule has 0 radical (unpaired) electrons. The number of amides is 1. The van der Waals surface area contributed by atoms with Gasteiger partial charge in [0.25, 0.3) is 0 Å². The normalized spacial score (nSPS) is 29.2. The van der Waals surface area contributed by atoms with Crippen LogP contribution in [0.1, 0.15) is 62.8 Å². The molecule has 1 aromatic heterocycles. The number of halogens is 6. The first-order valence-corrected chi connectivity index (χ1v) is 10.8. The van der Waals surface area contributed by atoms with Crippen molar-refractivity contribution in [3.63, 3.8) is 0 Å². The van der Waals surface area contributed by atoms with Crippen molar-refractivity contribution >= 4 is 5.91 Å².